The molecule has 0 amide bonds. The number of alkyl halides is 1. The lowest BCUT2D eigenvalue weighted by molar-refractivity contribution is -0.167. The first-order valence-corrected chi connectivity index (χ1v) is 4.47. The predicted molar refractivity (Wildman–Crippen MR) is 45.1 cm³/mol. The fourth-order valence-electron chi connectivity index (χ4n) is 1.73. The maximum Gasteiger partial charge on any atom is 0.314 e. The second-order valence-electron chi connectivity index (χ2n) is 3.29. The van der Waals surface area contributed by atoms with Gasteiger partial charge < -0.3 is 9.47 Å². The Balaban J connectivity index is 2.82. The Morgan fingerprint density at radius 2 is 2.46 bits per heavy atom. The molecule has 1 rings (SSSR count). The van der Waals surface area contributed by atoms with Crippen molar-refractivity contribution in [2.45, 2.75) is 25.9 Å². The molecule has 4 heteroatoms. The van der Waals surface area contributed by atoms with Crippen molar-refractivity contribution in [1.82, 2.24) is 0 Å². The van der Waals surface area contributed by atoms with Gasteiger partial charge in [-0.2, -0.15) is 0 Å². The van der Waals surface area contributed by atoms with Crippen molar-refractivity contribution < 1.29 is 18.7 Å². The van der Waals surface area contributed by atoms with E-state index in [-0.39, 0.29) is 6.61 Å². The van der Waals surface area contributed by atoms with Crippen LogP contribution < -0.4 is 0 Å². The largest absolute Gasteiger partial charge is 0.469 e. The van der Waals surface area contributed by atoms with Gasteiger partial charge in [-0.15, -0.1) is 0 Å². The Bertz CT molecular complexity index is 195. The van der Waals surface area contributed by atoms with Gasteiger partial charge in [0.15, 0.2) is 0 Å². The van der Waals surface area contributed by atoms with Crippen molar-refractivity contribution in [3.63, 3.8) is 0 Å². The lowest BCUT2D eigenvalue weighted by Gasteiger charge is -2.36. The zero-order valence-corrected chi connectivity index (χ0v) is 8.01. The van der Waals surface area contributed by atoms with E-state index in [2.05, 4.69) is 4.74 Å². The van der Waals surface area contributed by atoms with Gasteiger partial charge in [-0.05, 0) is 12.8 Å². The number of hydrogen-bond donors (Lipinski definition) is 0. The monoisotopic (exact) mass is 190 g/mol. The number of esters is 1. The fraction of sp³-hybridized carbons (Fsp3) is 0.889. The summed E-state index contributed by atoms with van der Waals surface area (Å²) in [6.07, 6.45) is -0.361. The first kappa shape index (κ1) is 10.4. The summed E-state index contributed by atoms with van der Waals surface area (Å²) in [5.74, 6) is -0.453. The summed E-state index contributed by atoms with van der Waals surface area (Å²) >= 11 is 0. The average molecular weight is 190 g/mol. The van der Waals surface area contributed by atoms with Crippen LogP contribution in [-0.4, -0.2) is 32.5 Å². The van der Waals surface area contributed by atoms with E-state index < -0.39 is 17.6 Å². The zero-order valence-electron chi connectivity index (χ0n) is 8.01. The molecule has 1 aliphatic rings. The van der Waals surface area contributed by atoms with Gasteiger partial charge in [0.1, 0.15) is 11.6 Å². The SMILES string of the molecule is CCC1(C(=O)OC)CCOCC1F. The van der Waals surface area contributed by atoms with E-state index in [1.807, 2.05) is 0 Å². The van der Waals surface area contributed by atoms with E-state index >= 15 is 0 Å². The quantitative estimate of drug-likeness (QED) is 0.616. The summed E-state index contributed by atoms with van der Waals surface area (Å²) in [6, 6.07) is 0. The highest BCUT2D eigenvalue weighted by Gasteiger charge is 2.47. The highest BCUT2D eigenvalue weighted by atomic mass is 19.1. The normalized spacial score (nSPS) is 34.2. The number of carbonyl (C=O) groups is 1. The Morgan fingerprint density at radius 1 is 1.77 bits per heavy atom. The minimum absolute atomic E-state index is 0.00292. The highest BCUT2D eigenvalue weighted by Crippen LogP contribution is 2.37. The summed E-state index contributed by atoms with van der Waals surface area (Å²) in [6.45, 7) is 2.24. The number of ether oxygens (including phenoxy) is 2. The van der Waals surface area contributed by atoms with Crippen LogP contribution in [0.4, 0.5) is 4.39 Å². The fourth-order valence-corrected chi connectivity index (χ4v) is 1.73. The topological polar surface area (TPSA) is 35.5 Å². The van der Waals surface area contributed by atoms with Gasteiger partial charge in [0, 0.05) is 6.61 Å². The Morgan fingerprint density at radius 3 is 2.92 bits per heavy atom. The van der Waals surface area contributed by atoms with Gasteiger partial charge in [0.05, 0.1) is 13.7 Å². The van der Waals surface area contributed by atoms with Crippen molar-refractivity contribution in [1.29, 1.82) is 0 Å². The smallest absolute Gasteiger partial charge is 0.314 e. The predicted octanol–water partition coefficient (Wildman–Crippen LogP) is 1.31. The molecule has 76 valence electrons. The van der Waals surface area contributed by atoms with Crippen LogP contribution >= 0.6 is 0 Å². The van der Waals surface area contributed by atoms with Crippen LogP contribution in [0, 0.1) is 5.41 Å². The van der Waals surface area contributed by atoms with Crippen LogP contribution in [0.5, 0.6) is 0 Å². The summed E-state index contributed by atoms with van der Waals surface area (Å²) in [7, 11) is 1.29. The first-order chi connectivity index (χ1) is 6.17. The second kappa shape index (κ2) is 4.05. The molecule has 0 aromatic heterocycles. The molecule has 0 aromatic carbocycles. The van der Waals surface area contributed by atoms with Gasteiger partial charge in [-0.3, -0.25) is 4.79 Å². The number of carbonyl (C=O) groups excluding carboxylic acids is 1. The molecule has 0 aliphatic carbocycles. The third kappa shape index (κ3) is 1.68. The maximum atomic E-state index is 13.5. The molecule has 1 aliphatic heterocycles. The molecule has 1 saturated heterocycles. The van der Waals surface area contributed by atoms with Crippen LogP contribution in [0.2, 0.25) is 0 Å². The van der Waals surface area contributed by atoms with Crippen LogP contribution in [-0.2, 0) is 14.3 Å². The number of hydrogen-bond acceptors (Lipinski definition) is 3. The van der Waals surface area contributed by atoms with Crippen LogP contribution in [0.15, 0.2) is 0 Å². The Labute approximate surface area is 77.2 Å². The van der Waals surface area contributed by atoms with Crippen LogP contribution in [0.3, 0.4) is 0 Å². The minimum Gasteiger partial charge on any atom is -0.469 e. The molecule has 0 spiro atoms. The van der Waals surface area contributed by atoms with Crippen molar-refractivity contribution in [2.75, 3.05) is 20.3 Å². The number of halogens is 1. The molecule has 1 heterocycles. The molecule has 2 unspecified atom stereocenters. The molecule has 2 atom stereocenters. The summed E-state index contributed by atoms with van der Waals surface area (Å²) in [4.78, 5) is 11.4. The average Bonchev–Trinajstić information content (AvgIpc) is 2.18. The summed E-state index contributed by atoms with van der Waals surface area (Å²) in [5.41, 5.74) is -0.965. The molecular formula is C9H15FO3. The highest BCUT2D eigenvalue weighted by molar-refractivity contribution is 5.77. The molecular weight excluding hydrogens is 175 g/mol. The van der Waals surface area contributed by atoms with Gasteiger partial charge in [-0.25, -0.2) is 4.39 Å². The second-order valence-corrected chi connectivity index (χ2v) is 3.29. The Kier molecular flexibility index (Phi) is 3.25. The molecule has 1 fully saturated rings. The van der Waals surface area contributed by atoms with Crippen molar-refractivity contribution in [2.24, 2.45) is 5.41 Å². The first-order valence-electron chi connectivity index (χ1n) is 4.47. The standard InChI is InChI=1S/C9H15FO3/c1-3-9(8(11)12-2)4-5-13-6-7(9)10/h7H,3-6H2,1-2H3. The van der Waals surface area contributed by atoms with Crippen LogP contribution in [0.1, 0.15) is 19.8 Å². The molecule has 0 bridgehead atoms. The van der Waals surface area contributed by atoms with E-state index in [1.165, 1.54) is 7.11 Å². The summed E-state index contributed by atoms with van der Waals surface area (Å²) < 4.78 is 23.1. The molecule has 0 radical (unpaired) electrons. The van der Waals surface area contributed by atoms with E-state index in [1.54, 1.807) is 6.92 Å². The number of methoxy groups -OCH3 is 1. The molecule has 13 heavy (non-hydrogen) atoms. The van der Waals surface area contributed by atoms with Crippen molar-refractivity contribution in [3.05, 3.63) is 0 Å². The maximum absolute atomic E-state index is 13.5. The minimum atomic E-state index is -1.24. The molecule has 0 N–H and O–H groups in total. The molecule has 0 saturated carbocycles. The molecule has 3 nitrogen and oxygen atoms in total. The van der Waals surface area contributed by atoms with Gasteiger partial charge in [0.25, 0.3) is 0 Å². The van der Waals surface area contributed by atoms with Gasteiger partial charge in [-0.1, -0.05) is 6.92 Å². The summed E-state index contributed by atoms with van der Waals surface area (Å²) in [5, 5.41) is 0. The van der Waals surface area contributed by atoms with E-state index in [9.17, 15) is 9.18 Å². The third-order valence-corrected chi connectivity index (χ3v) is 2.78. The Hall–Kier alpha value is -0.640. The third-order valence-electron chi connectivity index (χ3n) is 2.78. The van der Waals surface area contributed by atoms with Gasteiger partial charge >= 0.3 is 5.97 Å². The zero-order chi connectivity index (χ0) is 9.90. The number of rotatable bonds is 2. The van der Waals surface area contributed by atoms with Crippen LogP contribution in [0.25, 0.3) is 0 Å². The molecule has 0 aromatic rings. The van der Waals surface area contributed by atoms with Crippen molar-refractivity contribution >= 4 is 5.97 Å². The van der Waals surface area contributed by atoms with Gasteiger partial charge in [0.2, 0.25) is 0 Å². The lowest BCUT2D eigenvalue weighted by Crippen LogP contribution is -2.47. The van der Waals surface area contributed by atoms with E-state index in [4.69, 9.17) is 4.74 Å². The van der Waals surface area contributed by atoms with E-state index in [0.29, 0.717) is 19.4 Å². The van der Waals surface area contributed by atoms with Crippen molar-refractivity contribution in [3.8, 4) is 0 Å². The lowest BCUT2D eigenvalue weighted by atomic mass is 9.76. The van der Waals surface area contributed by atoms with E-state index in [0.717, 1.165) is 0 Å².